The highest BCUT2D eigenvalue weighted by Crippen LogP contribution is 2.37. The summed E-state index contributed by atoms with van der Waals surface area (Å²) in [5, 5.41) is 10.4. The van der Waals surface area contributed by atoms with Gasteiger partial charge in [0, 0.05) is 25.9 Å². The van der Waals surface area contributed by atoms with Crippen LogP contribution >= 0.6 is 0 Å². The normalized spacial score (nSPS) is 32.4. The van der Waals surface area contributed by atoms with Crippen LogP contribution in [0.1, 0.15) is 32.0 Å². The molecule has 3 nitrogen and oxygen atoms in total. The molecular formula is C11H18N2O. The lowest BCUT2D eigenvalue weighted by molar-refractivity contribution is 0.00724. The first-order valence-electron chi connectivity index (χ1n) is 5.30. The predicted molar refractivity (Wildman–Crippen MR) is 54.9 cm³/mol. The van der Waals surface area contributed by atoms with Gasteiger partial charge in [-0.1, -0.05) is 13.3 Å². The van der Waals surface area contributed by atoms with Crippen molar-refractivity contribution in [2.24, 2.45) is 13.0 Å². The number of aromatic nitrogens is 2. The van der Waals surface area contributed by atoms with Crippen molar-refractivity contribution >= 4 is 0 Å². The number of hydrogen-bond donors (Lipinski definition) is 1. The monoisotopic (exact) mass is 194 g/mol. The Balaban J connectivity index is 2.14. The molecule has 0 radical (unpaired) electrons. The predicted octanol–water partition coefficient (Wildman–Crippen LogP) is 1.51. The standard InChI is InChI=1S/C11H18N2O/c1-9-4-3-5-11(9,14)8-10-12-6-7-13(10)2/h6-7,9,14H,3-5,8H2,1-2H3. The third kappa shape index (κ3) is 1.57. The summed E-state index contributed by atoms with van der Waals surface area (Å²) in [7, 11) is 1.98. The van der Waals surface area contributed by atoms with Gasteiger partial charge >= 0.3 is 0 Å². The summed E-state index contributed by atoms with van der Waals surface area (Å²) >= 11 is 0. The summed E-state index contributed by atoms with van der Waals surface area (Å²) in [5.74, 6) is 1.39. The van der Waals surface area contributed by atoms with E-state index >= 15 is 0 Å². The van der Waals surface area contributed by atoms with Crippen LogP contribution in [0.3, 0.4) is 0 Å². The second-order valence-electron chi connectivity index (χ2n) is 4.53. The van der Waals surface area contributed by atoms with Crippen LogP contribution in [0.15, 0.2) is 12.4 Å². The molecular weight excluding hydrogens is 176 g/mol. The molecule has 3 heteroatoms. The minimum atomic E-state index is -0.515. The molecule has 2 rings (SSSR count). The average molecular weight is 194 g/mol. The number of nitrogens with zero attached hydrogens (tertiary/aromatic N) is 2. The fourth-order valence-corrected chi connectivity index (χ4v) is 2.33. The lowest BCUT2D eigenvalue weighted by Crippen LogP contribution is -2.35. The molecule has 2 unspecified atom stereocenters. The summed E-state index contributed by atoms with van der Waals surface area (Å²) < 4.78 is 1.99. The number of rotatable bonds is 2. The van der Waals surface area contributed by atoms with Crippen LogP contribution in [0.5, 0.6) is 0 Å². The fourth-order valence-electron chi connectivity index (χ4n) is 2.33. The zero-order valence-corrected chi connectivity index (χ0v) is 8.90. The van der Waals surface area contributed by atoms with Crippen molar-refractivity contribution in [1.29, 1.82) is 0 Å². The second kappa shape index (κ2) is 3.39. The number of imidazole rings is 1. The lowest BCUT2D eigenvalue weighted by atomic mass is 9.89. The maximum Gasteiger partial charge on any atom is 0.111 e. The molecule has 1 aliphatic carbocycles. The molecule has 1 N–H and O–H groups in total. The molecule has 1 fully saturated rings. The number of aliphatic hydroxyl groups is 1. The molecule has 0 aromatic carbocycles. The van der Waals surface area contributed by atoms with Crippen molar-refractivity contribution in [3.8, 4) is 0 Å². The number of aryl methyl sites for hydroxylation is 1. The highest BCUT2D eigenvalue weighted by Gasteiger charge is 2.38. The molecule has 1 aliphatic rings. The van der Waals surface area contributed by atoms with E-state index < -0.39 is 5.60 Å². The van der Waals surface area contributed by atoms with E-state index in [1.54, 1.807) is 6.20 Å². The van der Waals surface area contributed by atoms with Gasteiger partial charge in [0.2, 0.25) is 0 Å². The summed E-state index contributed by atoms with van der Waals surface area (Å²) in [4.78, 5) is 4.26. The van der Waals surface area contributed by atoms with Crippen LogP contribution in [0, 0.1) is 5.92 Å². The molecule has 1 saturated carbocycles. The molecule has 78 valence electrons. The molecule has 0 spiro atoms. The molecule has 0 amide bonds. The molecule has 14 heavy (non-hydrogen) atoms. The largest absolute Gasteiger partial charge is 0.389 e. The van der Waals surface area contributed by atoms with Crippen LogP contribution in [-0.2, 0) is 13.5 Å². The van der Waals surface area contributed by atoms with E-state index in [2.05, 4.69) is 11.9 Å². The van der Waals surface area contributed by atoms with Crippen molar-refractivity contribution in [2.45, 2.75) is 38.2 Å². The molecule has 2 atom stereocenters. The third-order valence-corrected chi connectivity index (χ3v) is 3.55. The van der Waals surface area contributed by atoms with E-state index in [4.69, 9.17) is 0 Å². The van der Waals surface area contributed by atoms with E-state index in [-0.39, 0.29) is 0 Å². The van der Waals surface area contributed by atoms with E-state index in [9.17, 15) is 5.11 Å². The van der Waals surface area contributed by atoms with Crippen LogP contribution < -0.4 is 0 Å². The van der Waals surface area contributed by atoms with Gasteiger partial charge in [0.15, 0.2) is 0 Å². The average Bonchev–Trinajstić information content (AvgIpc) is 2.64. The van der Waals surface area contributed by atoms with Gasteiger partial charge in [0.1, 0.15) is 5.82 Å². The summed E-state index contributed by atoms with van der Waals surface area (Å²) in [6.45, 7) is 2.13. The van der Waals surface area contributed by atoms with Gasteiger partial charge in [-0.25, -0.2) is 4.98 Å². The first-order chi connectivity index (χ1) is 6.62. The molecule has 1 heterocycles. The van der Waals surface area contributed by atoms with Crippen molar-refractivity contribution < 1.29 is 5.11 Å². The summed E-state index contributed by atoms with van der Waals surface area (Å²) in [6.07, 6.45) is 7.61. The van der Waals surface area contributed by atoms with Gasteiger partial charge < -0.3 is 9.67 Å². The highest BCUT2D eigenvalue weighted by molar-refractivity contribution is 5.02. The molecule has 1 aromatic heterocycles. The minimum absolute atomic E-state index is 0.402. The maximum atomic E-state index is 10.4. The quantitative estimate of drug-likeness (QED) is 0.775. The van der Waals surface area contributed by atoms with Crippen molar-refractivity contribution in [1.82, 2.24) is 9.55 Å². The van der Waals surface area contributed by atoms with Gasteiger partial charge in [-0.15, -0.1) is 0 Å². The molecule has 0 aliphatic heterocycles. The van der Waals surface area contributed by atoms with Gasteiger partial charge in [-0.05, 0) is 18.8 Å². The van der Waals surface area contributed by atoms with Crippen molar-refractivity contribution in [2.75, 3.05) is 0 Å². The molecule has 1 aromatic rings. The van der Waals surface area contributed by atoms with Crippen molar-refractivity contribution in [3.63, 3.8) is 0 Å². The van der Waals surface area contributed by atoms with Crippen LogP contribution in [-0.4, -0.2) is 20.3 Å². The zero-order chi connectivity index (χ0) is 10.2. The van der Waals surface area contributed by atoms with Crippen LogP contribution in [0.4, 0.5) is 0 Å². The second-order valence-corrected chi connectivity index (χ2v) is 4.53. The fraction of sp³-hybridized carbons (Fsp3) is 0.727. The summed E-state index contributed by atoms with van der Waals surface area (Å²) in [5.41, 5.74) is -0.515. The van der Waals surface area contributed by atoms with Crippen molar-refractivity contribution in [3.05, 3.63) is 18.2 Å². The molecule has 0 saturated heterocycles. The SMILES string of the molecule is CC1CCCC1(O)Cc1nccn1C. The topological polar surface area (TPSA) is 38.1 Å². The Bertz CT molecular complexity index is 321. The first kappa shape index (κ1) is 9.71. The molecule has 0 bridgehead atoms. The smallest absolute Gasteiger partial charge is 0.111 e. The van der Waals surface area contributed by atoms with E-state index in [0.29, 0.717) is 12.3 Å². The van der Waals surface area contributed by atoms with Crippen LogP contribution in [0.25, 0.3) is 0 Å². The first-order valence-corrected chi connectivity index (χ1v) is 5.30. The van der Waals surface area contributed by atoms with Gasteiger partial charge in [-0.3, -0.25) is 0 Å². The van der Waals surface area contributed by atoms with Gasteiger partial charge in [-0.2, -0.15) is 0 Å². The van der Waals surface area contributed by atoms with Gasteiger partial charge in [0.05, 0.1) is 5.60 Å². The minimum Gasteiger partial charge on any atom is -0.389 e. The Hall–Kier alpha value is -0.830. The highest BCUT2D eigenvalue weighted by atomic mass is 16.3. The Labute approximate surface area is 84.8 Å². The Morgan fingerprint density at radius 3 is 3.00 bits per heavy atom. The van der Waals surface area contributed by atoms with Gasteiger partial charge in [0.25, 0.3) is 0 Å². The Morgan fingerprint density at radius 2 is 2.50 bits per heavy atom. The lowest BCUT2D eigenvalue weighted by Gasteiger charge is -2.27. The Morgan fingerprint density at radius 1 is 1.71 bits per heavy atom. The third-order valence-electron chi connectivity index (χ3n) is 3.55. The Kier molecular flexibility index (Phi) is 2.35. The maximum absolute atomic E-state index is 10.4. The van der Waals surface area contributed by atoms with E-state index in [1.807, 2.05) is 17.8 Å². The van der Waals surface area contributed by atoms with E-state index in [0.717, 1.165) is 25.1 Å². The van der Waals surface area contributed by atoms with Crippen LogP contribution in [0.2, 0.25) is 0 Å². The van der Waals surface area contributed by atoms with E-state index in [1.165, 1.54) is 0 Å². The zero-order valence-electron chi connectivity index (χ0n) is 8.90. The summed E-state index contributed by atoms with van der Waals surface area (Å²) in [6, 6.07) is 0. The number of hydrogen-bond acceptors (Lipinski definition) is 2.